The van der Waals surface area contributed by atoms with Gasteiger partial charge < -0.3 is 10.1 Å². The molecule has 0 spiro atoms. The third kappa shape index (κ3) is 1.53. The second-order valence-electron chi connectivity index (χ2n) is 1.76. The monoisotopic (exact) mass is 297 g/mol. The third-order valence-electron chi connectivity index (χ3n) is 1.02. The Bertz CT molecular complexity index is 388. The van der Waals surface area contributed by atoms with E-state index in [1.54, 1.807) is 0 Å². The molecule has 1 rings (SSSR count). The van der Waals surface area contributed by atoms with Crippen molar-refractivity contribution >= 4 is 37.7 Å². The molecule has 0 saturated heterocycles. The van der Waals surface area contributed by atoms with Crippen LogP contribution in [0.3, 0.4) is 0 Å². The van der Waals surface area contributed by atoms with Gasteiger partial charge in [0.05, 0.1) is 5.10 Å². The summed E-state index contributed by atoms with van der Waals surface area (Å²) >= 11 is 5.72. The summed E-state index contributed by atoms with van der Waals surface area (Å²) in [5.74, 6) is -0.429. The van der Waals surface area contributed by atoms with Crippen molar-refractivity contribution in [1.82, 2.24) is 10.2 Å². The maximum atomic E-state index is 10.8. The highest BCUT2D eigenvalue weighted by molar-refractivity contribution is 9.13. The van der Waals surface area contributed by atoms with E-state index in [-0.39, 0.29) is 8.95 Å². The Labute approximate surface area is 82.4 Å². The van der Waals surface area contributed by atoms with Crippen LogP contribution in [0.2, 0.25) is 0 Å². The second kappa shape index (κ2) is 3.31. The lowest BCUT2D eigenvalue weighted by Crippen LogP contribution is -2.11. The maximum absolute atomic E-state index is 10.8. The largest absolute Gasteiger partial charge is 0.403 e. The van der Waals surface area contributed by atoms with Crippen molar-refractivity contribution in [2.45, 2.75) is 0 Å². The first-order chi connectivity index (χ1) is 5.54. The smallest absolute Gasteiger partial charge is 0.358 e. The molecular weight excluding hydrogens is 298 g/mol. The number of H-pyrrole nitrogens is 1. The average molecular weight is 299 g/mol. The molecule has 1 aromatic rings. The van der Waals surface area contributed by atoms with Gasteiger partial charge in [0.2, 0.25) is 0 Å². The fraction of sp³-hybridized carbons (Fsp3) is 0. The van der Waals surface area contributed by atoms with E-state index in [9.17, 15) is 14.9 Å². The van der Waals surface area contributed by atoms with Crippen LogP contribution >= 0.6 is 31.9 Å². The number of aromatic nitrogens is 2. The van der Waals surface area contributed by atoms with Crippen LogP contribution in [-0.4, -0.2) is 15.1 Å². The predicted octanol–water partition coefficient (Wildman–Crippen LogP) is 1.20. The number of nitrogens with one attached hydrogen (secondary N) is 1. The molecule has 8 heteroatoms. The molecule has 1 aromatic heterocycles. The summed E-state index contributed by atoms with van der Waals surface area (Å²) in [7, 11) is 0. The Balaban J connectivity index is 3.47. The molecule has 0 aliphatic rings. The molecule has 0 amide bonds. The molecule has 0 aliphatic heterocycles. The highest BCUT2D eigenvalue weighted by atomic mass is 79.9. The van der Waals surface area contributed by atoms with Crippen LogP contribution in [0.15, 0.2) is 13.7 Å². The number of hydrogen-bond acceptors (Lipinski definition) is 4. The zero-order valence-corrected chi connectivity index (χ0v) is 8.55. The fourth-order valence-corrected chi connectivity index (χ4v) is 1.20. The summed E-state index contributed by atoms with van der Waals surface area (Å²) in [5, 5.41) is 15.4. The van der Waals surface area contributed by atoms with Gasteiger partial charge in [0, 0.05) is 0 Å². The quantitative estimate of drug-likeness (QED) is 0.623. The van der Waals surface area contributed by atoms with E-state index in [0.717, 1.165) is 0 Å². The van der Waals surface area contributed by atoms with E-state index in [1.807, 2.05) is 5.10 Å². The molecule has 0 atom stereocenters. The number of halogens is 2. The normalized spacial score (nSPS) is 9.83. The van der Waals surface area contributed by atoms with E-state index >= 15 is 0 Å². The van der Waals surface area contributed by atoms with Gasteiger partial charge in [-0.1, -0.05) is 0 Å². The molecule has 0 unspecified atom stereocenters. The van der Waals surface area contributed by atoms with Crippen LogP contribution in [0.1, 0.15) is 0 Å². The van der Waals surface area contributed by atoms with Crippen LogP contribution in [-0.2, 0) is 0 Å². The van der Waals surface area contributed by atoms with E-state index in [1.165, 1.54) is 0 Å². The molecule has 1 N–H and O–H groups in total. The Morgan fingerprint density at radius 3 is 2.50 bits per heavy atom. The molecule has 0 radical (unpaired) electrons. The number of aromatic amines is 1. The van der Waals surface area contributed by atoms with Crippen LogP contribution in [0.4, 0.5) is 5.82 Å². The summed E-state index contributed by atoms with van der Waals surface area (Å²) in [5.41, 5.74) is -0.521. The molecule has 0 aliphatic carbocycles. The first-order valence-electron chi connectivity index (χ1n) is 2.62. The fourth-order valence-electron chi connectivity index (χ4n) is 0.521. The van der Waals surface area contributed by atoms with Crippen LogP contribution < -0.4 is 5.56 Å². The van der Waals surface area contributed by atoms with E-state index in [2.05, 4.69) is 37.0 Å². The Hall–Kier alpha value is -0.760. The maximum Gasteiger partial charge on any atom is 0.403 e. The molecule has 6 nitrogen and oxygen atoms in total. The Morgan fingerprint density at radius 2 is 2.00 bits per heavy atom. The van der Waals surface area contributed by atoms with Gasteiger partial charge in [0.25, 0.3) is 5.56 Å². The molecule has 64 valence electrons. The zero-order valence-electron chi connectivity index (χ0n) is 5.38. The number of nitro groups is 1. The zero-order chi connectivity index (χ0) is 9.30. The van der Waals surface area contributed by atoms with Crippen molar-refractivity contribution < 1.29 is 4.92 Å². The average Bonchev–Trinajstić information content (AvgIpc) is 2.00. The summed E-state index contributed by atoms with van der Waals surface area (Å²) in [6.07, 6.45) is 0. The van der Waals surface area contributed by atoms with Gasteiger partial charge in [-0.15, -0.1) is 5.10 Å². The van der Waals surface area contributed by atoms with Gasteiger partial charge in [-0.25, -0.2) is 0 Å². The third-order valence-corrected chi connectivity index (χ3v) is 3.06. The van der Waals surface area contributed by atoms with Gasteiger partial charge in [-0.05, 0) is 36.8 Å². The molecule has 0 fully saturated rings. The minimum atomic E-state index is -0.704. The topological polar surface area (TPSA) is 88.9 Å². The van der Waals surface area contributed by atoms with Crippen molar-refractivity contribution in [2.24, 2.45) is 0 Å². The molecule has 1 heterocycles. The lowest BCUT2D eigenvalue weighted by atomic mass is 10.5. The minimum absolute atomic E-state index is 0.0382. The number of nitrogens with zero attached hydrogens (tertiary/aromatic N) is 2. The van der Waals surface area contributed by atoms with Crippen molar-refractivity contribution in [2.75, 3.05) is 0 Å². The summed E-state index contributed by atoms with van der Waals surface area (Å²) < 4.78 is 0.0976. The van der Waals surface area contributed by atoms with Crippen molar-refractivity contribution in [3.05, 3.63) is 29.4 Å². The van der Waals surface area contributed by atoms with Crippen LogP contribution in [0, 0.1) is 10.1 Å². The van der Waals surface area contributed by atoms with Crippen LogP contribution in [0.5, 0.6) is 0 Å². The highest BCUT2D eigenvalue weighted by Gasteiger charge is 2.18. The van der Waals surface area contributed by atoms with Crippen molar-refractivity contribution in [3.8, 4) is 0 Å². The van der Waals surface area contributed by atoms with E-state index in [0.29, 0.717) is 0 Å². The molecule has 0 aromatic carbocycles. The van der Waals surface area contributed by atoms with Crippen molar-refractivity contribution in [3.63, 3.8) is 0 Å². The first-order valence-corrected chi connectivity index (χ1v) is 4.20. The number of hydrogen-bond donors (Lipinski definition) is 1. The summed E-state index contributed by atoms with van der Waals surface area (Å²) in [6.45, 7) is 0. The van der Waals surface area contributed by atoms with Gasteiger partial charge >= 0.3 is 5.82 Å². The predicted molar refractivity (Wildman–Crippen MR) is 46.9 cm³/mol. The van der Waals surface area contributed by atoms with Gasteiger partial charge in [0.1, 0.15) is 8.95 Å². The van der Waals surface area contributed by atoms with E-state index < -0.39 is 16.3 Å². The van der Waals surface area contributed by atoms with Crippen LogP contribution in [0.25, 0.3) is 0 Å². The molecule has 0 saturated carbocycles. The van der Waals surface area contributed by atoms with Gasteiger partial charge in [-0.2, -0.15) is 0 Å². The Morgan fingerprint density at radius 1 is 1.42 bits per heavy atom. The summed E-state index contributed by atoms with van der Waals surface area (Å²) in [6, 6.07) is 0. The van der Waals surface area contributed by atoms with E-state index in [4.69, 9.17) is 0 Å². The van der Waals surface area contributed by atoms with Gasteiger partial charge in [-0.3, -0.25) is 4.79 Å². The Kier molecular flexibility index (Phi) is 2.58. The van der Waals surface area contributed by atoms with Gasteiger partial charge in [0.15, 0.2) is 0 Å². The van der Waals surface area contributed by atoms with Crippen molar-refractivity contribution in [1.29, 1.82) is 0 Å². The molecule has 0 bridgehead atoms. The molecular formula is C4HBr2N3O3. The second-order valence-corrected chi connectivity index (χ2v) is 3.35. The standard InChI is InChI=1S/C4HBr2N3O3/c5-1-2(6)4(10)8-7-3(1)9(11)12/h(H,8,10). The SMILES string of the molecule is O=c1[nH]nc([N+](=O)[O-])c(Br)c1Br. The molecule has 12 heavy (non-hydrogen) atoms. The first kappa shape index (κ1) is 9.33. The number of rotatable bonds is 1. The lowest BCUT2D eigenvalue weighted by molar-refractivity contribution is -0.391. The summed E-state index contributed by atoms with van der Waals surface area (Å²) in [4.78, 5) is 20.3. The lowest BCUT2D eigenvalue weighted by Gasteiger charge is -1.94. The highest BCUT2D eigenvalue weighted by Crippen LogP contribution is 2.26. The minimum Gasteiger partial charge on any atom is -0.358 e.